The smallest absolute Gasteiger partial charge is 0.0731 e. The minimum Gasteiger partial charge on any atom is -0.378 e. The maximum Gasteiger partial charge on any atom is 0.0731 e. The van der Waals surface area contributed by atoms with Gasteiger partial charge in [0.2, 0.25) is 0 Å². The van der Waals surface area contributed by atoms with Crippen LogP contribution in [0.3, 0.4) is 0 Å². The standard InChI is InChI=1S/C14H27NO/c1-13(2)12(10-14(13,3)16-4)15-9-8-11-6-5-7-11/h11-12,15H,5-10H2,1-4H3. The van der Waals surface area contributed by atoms with Crippen molar-refractivity contribution >= 4 is 0 Å². The van der Waals surface area contributed by atoms with Crippen LogP contribution in [0, 0.1) is 11.3 Å². The van der Waals surface area contributed by atoms with E-state index < -0.39 is 0 Å². The van der Waals surface area contributed by atoms with E-state index in [1.807, 2.05) is 7.11 Å². The molecule has 2 rings (SSSR count). The molecule has 2 fully saturated rings. The molecule has 0 spiro atoms. The summed E-state index contributed by atoms with van der Waals surface area (Å²) in [6.07, 6.45) is 6.91. The first-order valence-corrected chi connectivity index (χ1v) is 6.78. The molecular formula is C14H27NO. The van der Waals surface area contributed by atoms with Gasteiger partial charge in [-0.05, 0) is 32.2 Å². The average molecular weight is 225 g/mol. The molecule has 0 saturated heterocycles. The summed E-state index contributed by atoms with van der Waals surface area (Å²) in [7, 11) is 1.84. The van der Waals surface area contributed by atoms with Crippen molar-refractivity contribution in [1.82, 2.24) is 5.32 Å². The first-order valence-electron chi connectivity index (χ1n) is 6.78. The third-order valence-corrected chi connectivity index (χ3v) is 5.45. The molecule has 2 saturated carbocycles. The summed E-state index contributed by atoms with van der Waals surface area (Å²) in [5, 5.41) is 3.72. The summed E-state index contributed by atoms with van der Waals surface area (Å²) in [5.41, 5.74) is 0.336. The van der Waals surface area contributed by atoms with Crippen LogP contribution in [-0.2, 0) is 4.74 Å². The van der Waals surface area contributed by atoms with E-state index in [2.05, 4.69) is 26.1 Å². The van der Waals surface area contributed by atoms with Crippen molar-refractivity contribution in [3.05, 3.63) is 0 Å². The van der Waals surface area contributed by atoms with Crippen LogP contribution in [0.4, 0.5) is 0 Å². The van der Waals surface area contributed by atoms with E-state index in [0.717, 1.165) is 12.3 Å². The van der Waals surface area contributed by atoms with Crippen molar-refractivity contribution in [1.29, 1.82) is 0 Å². The second-order valence-corrected chi connectivity index (χ2v) is 6.45. The number of nitrogens with one attached hydrogen (secondary N) is 1. The number of rotatable bonds is 5. The van der Waals surface area contributed by atoms with E-state index in [1.165, 1.54) is 32.2 Å². The Morgan fingerprint density at radius 2 is 1.94 bits per heavy atom. The Kier molecular flexibility index (Phi) is 3.33. The largest absolute Gasteiger partial charge is 0.378 e. The van der Waals surface area contributed by atoms with Gasteiger partial charge in [0.05, 0.1) is 5.60 Å². The highest BCUT2D eigenvalue weighted by atomic mass is 16.5. The molecule has 0 amide bonds. The molecule has 2 nitrogen and oxygen atoms in total. The Bertz CT molecular complexity index is 247. The van der Waals surface area contributed by atoms with Gasteiger partial charge in [-0.2, -0.15) is 0 Å². The predicted molar refractivity (Wildman–Crippen MR) is 67.6 cm³/mol. The molecule has 2 heteroatoms. The number of hydrogen-bond acceptors (Lipinski definition) is 2. The van der Waals surface area contributed by atoms with E-state index in [1.54, 1.807) is 0 Å². The summed E-state index contributed by atoms with van der Waals surface area (Å²) >= 11 is 0. The van der Waals surface area contributed by atoms with E-state index in [0.29, 0.717) is 6.04 Å². The van der Waals surface area contributed by atoms with Gasteiger partial charge < -0.3 is 10.1 Å². The van der Waals surface area contributed by atoms with Crippen LogP contribution < -0.4 is 5.32 Å². The monoisotopic (exact) mass is 225 g/mol. The Hall–Kier alpha value is -0.0800. The lowest BCUT2D eigenvalue weighted by atomic mass is 9.56. The molecule has 16 heavy (non-hydrogen) atoms. The minimum atomic E-state index is 0.0706. The molecule has 0 heterocycles. The summed E-state index contributed by atoms with van der Waals surface area (Å²) in [6.45, 7) is 8.07. The molecule has 2 aliphatic carbocycles. The van der Waals surface area contributed by atoms with Gasteiger partial charge in [-0.1, -0.05) is 33.1 Å². The van der Waals surface area contributed by atoms with Crippen molar-refractivity contribution in [3.63, 3.8) is 0 Å². The predicted octanol–water partition coefficient (Wildman–Crippen LogP) is 2.97. The van der Waals surface area contributed by atoms with E-state index in [4.69, 9.17) is 4.74 Å². The Labute approximate surface area is 100 Å². The number of hydrogen-bond donors (Lipinski definition) is 1. The van der Waals surface area contributed by atoms with Crippen LogP contribution >= 0.6 is 0 Å². The van der Waals surface area contributed by atoms with Gasteiger partial charge in [0.15, 0.2) is 0 Å². The van der Waals surface area contributed by atoms with Crippen LogP contribution in [0.1, 0.15) is 52.9 Å². The first kappa shape index (κ1) is 12.4. The van der Waals surface area contributed by atoms with Crippen LogP contribution in [0.5, 0.6) is 0 Å². The lowest BCUT2D eigenvalue weighted by Gasteiger charge is -2.59. The van der Waals surface area contributed by atoms with Gasteiger partial charge in [0, 0.05) is 18.6 Å². The lowest BCUT2D eigenvalue weighted by Crippen LogP contribution is -2.68. The molecule has 2 unspecified atom stereocenters. The molecule has 1 N–H and O–H groups in total. The van der Waals surface area contributed by atoms with Crippen molar-refractivity contribution in [2.75, 3.05) is 13.7 Å². The molecule has 0 bridgehead atoms. The van der Waals surface area contributed by atoms with Crippen molar-refractivity contribution in [2.45, 2.75) is 64.5 Å². The Balaban J connectivity index is 1.71. The first-order chi connectivity index (χ1) is 7.49. The SMILES string of the molecule is COC1(C)CC(NCCC2CCC2)C1(C)C. The number of ether oxygens (including phenoxy) is 1. The molecule has 0 aliphatic heterocycles. The quantitative estimate of drug-likeness (QED) is 0.776. The van der Waals surface area contributed by atoms with E-state index in [-0.39, 0.29) is 11.0 Å². The van der Waals surface area contributed by atoms with Gasteiger partial charge in [-0.3, -0.25) is 0 Å². The van der Waals surface area contributed by atoms with Crippen LogP contribution in [0.15, 0.2) is 0 Å². The fraction of sp³-hybridized carbons (Fsp3) is 1.00. The molecule has 0 radical (unpaired) electrons. The summed E-state index contributed by atoms with van der Waals surface area (Å²) < 4.78 is 5.64. The zero-order chi connectivity index (χ0) is 11.8. The summed E-state index contributed by atoms with van der Waals surface area (Å²) in [4.78, 5) is 0. The zero-order valence-electron chi connectivity index (χ0n) is 11.3. The van der Waals surface area contributed by atoms with Gasteiger partial charge in [0.1, 0.15) is 0 Å². The van der Waals surface area contributed by atoms with Crippen molar-refractivity contribution in [2.24, 2.45) is 11.3 Å². The average Bonchev–Trinajstić information content (AvgIpc) is 2.19. The topological polar surface area (TPSA) is 21.3 Å². The van der Waals surface area contributed by atoms with Gasteiger partial charge in [-0.15, -0.1) is 0 Å². The number of methoxy groups -OCH3 is 1. The van der Waals surface area contributed by atoms with Gasteiger partial charge >= 0.3 is 0 Å². The fourth-order valence-electron chi connectivity index (χ4n) is 3.06. The van der Waals surface area contributed by atoms with Crippen LogP contribution in [0.25, 0.3) is 0 Å². The third kappa shape index (κ3) is 1.91. The highest BCUT2D eigenvalue weighted by Gasteiger charge is 2.57. The van der Waals surface area contributed by atoms with Gasteiger partial charge in [0.25, 0.3) is 0 Å². The molecule has 0 aromatic rings. The lowest BCUT2D eigenvalue weighted by molar-refractivity contribution is -0.180. The maximum atomic E-state index is 5.64. The zero-order valence-corrected chi connectivity index (χ0v) is 11.3. The van der Waals surface area contributed by atoms with Crippen LogP contribution in [-0.4, -0.2) is 25.3 Å². The van der Waals surface area contributed by atoms with Gasteiger partial charge in [-0.25, -0.2) is 0 Å². The normalized spacial score (nSPS) is 37.9. The highest BCUT2D eigenvalue weighted by molar-refractivity contribution is 5.11. The van der Waals surface area contributed by atoms with Crippen molar-refractivity contribution in [3.8, 4) is 0 Å². The summed E-state index contributed by atoms with van der Waals surface area (Å²) in [6, 6.07) is 0.637. The van der Waals surface area contributed by atoms with Crippen molar-refractivity contribution < 1.29 is 4.74 Å². The second kappa shape index (κ2) is 4.30. The summed E-state index contributed by atoms with van der Waals surface area (Å²) in [5.74, 6) is 1.02. The van der Waals surface area contributed by atoms with E-state index >= 15 is 0 Å². The molecule has 0 aromatic carbocycles. The molecule has 0 aromatic heterocycles. The maximum absolute atomic E-state index is 5.64. The second-order valence-electron chi connectivity index (χ2n) is 6.45. The fourth-order valence-corrected chi connectivity index (χ4v) is 3.06. The van der Waals surface area contributed by atoms with Crippen LogP contribution in [0.2, 0.25) is 0 Å². The molecular weight excluding hydrogens is 198 g/mol. The molecule has 2 atom stereocenters. The molecule has 2 aliphatic rings. The van der Waals surface area contributed by atoms with E-state index in [9.17, 15) is 0 Å². The Morgan fingerprint density at radius 3 is 2.38 bits per heavy atom. The molecule has 94 valence electrons. The highest BCUT2D eigenvalue weighted by Crippen LogP contribution is 2.51. The third-order valence-electron chi connectivity index (χ3n) is 5.45. The minimum absolute atomic E-state index is 0.0706. The Morgan fingerprint density at radius 1 is 1.25 bits per heavy atom.